The van der Waals surface area contributed by atoms with Gasteiger partial charge in [-0.05, 0) is 17.9 Å². The van der Waals surface area contributed by atoms with Crippen molar-refractivity contribution >= 4 is 29.0 Å². The molecule has 3 rings (SSSR count). The number of fused-ring (bicyclic) bond motifs is 1. The minimum absolute atomic E-state index is 0.134. The van der Waals surface area contributed by atoms with Crippen LogP contribution in [0, 0.1) is 0 Å². The van der Waals surface area contributed by atoms with Crippen LogP contribution in [0.2, 0.25) is 5.15 Å². The van der Waals surface area contributed by atoms with E-state index in [1.165, 1.54) is 22.3 Å². The molecule has 0 bridgehead atoms. The van der Waals surface area contributed by atoms with Gasteiger partial charge in [-0.25, -0.2) is 4.98 Å². The second-order valence-corrected chi connectivity index (χ2v) is 5.44. The lowest BCUT2D eigenvalue weighted by atomic mass is 10.3. The van der Waals surface area contributed by atoms with Crippen molar-refractivity contribution in [1.29, 1.82) is 0 Å². The molecule has 0 atom stereocenters. The van der Waals surface area contributed by atoms with E-state index < -0.39 is 0 Å². The topological polar surface area (TPSA) is 52.2 Å². The molecule has 0 N–H and O–H groups in total. The minimum Gasteiger partial charge on any atom is -0.328 e. The van der Waals surface area contributed by atoms with Crippen molar-refractivity contribution in [2.45, 2.75) is 11.6 Å². The molecule has 0 aliphatic rings. The van der Waals surface area contributed by atoms with E-state index in [1.54, 1.807) is 18.5 Å². The average molecular weight is 307 g/mol. The summed E-state index contributed by atoms with van der Waals surface area (Å²) in [7, 11) is 0. The van der Waals surface area contributed by atoms with Gasteiger partial charge in [0.15, 0.2) is 0 Å². The summed E-state index contributed by atoms with van der Waals surface area (Å²) in [4.78, 5) is 15.9. The standard InChI is InChI=1S/C13H11ClN4OS/c1-20-11-6-12-17(5-4-13(19)18(12)16-11)8-9-2-3-10(14)15-7-9/h2-7H,8H2,1H3. The average Bonchev–Trinajstić information content (AvgIpc) is 2.90. The molecule has 0 aliphatic carbocycles. The van der Waals surface area contributed by atoms with Gasteiger partial charge in [-0.3, -0.25) is 4.79 Å². The molecular formula is C13H11ClN4OS. The molecule has 0 unspecified atom stereocenters. The Bertz CT molecular complexity index is 809. The van der Waals surface area contributed by atoms with Crippen LogP contribution in [0.4, 0.5) is 0 Å². The van der Waals surface area contributed by atoms with E-state index in [9.17, 15) is 4.79 Å². The second-order valence-electron chi connectivity index (χ2n) is 4.23. The number of rotatable bonds is 3. The van der Waals surface area contributed by atoms with Crippen molar-refractivity contribution in [2.75, 3.05) is 6.26 Å². The Balaban J connectivity index is 2.07. The zero-order valence-electron chi connectivity index (χ0n) is 10.7. The summed E-state index contributed by atoms with van der Waals surface area (Å²) in [6, 6.07) is 7.07. The van der Waals surface area contributed by atoms with Crippen LogP contribution in [0.5, 0.6) is 0 Å². The summed E-state index contributed by atoms with van der Waals surface area (Å²) >= 11 is 7.28. The van der Waals surface area contributed by atoms with Crippen LogP contribution in [-0.4, -0.2) is 25.4 Å². The van der Waals surface area contributed by atoms with Crippen molar-refractivity contribution in [3.63, 3.8) is 0 Å². The third-order valence-electron chi connectivity index (χ3n) is 2.92. The molecule has 0 spiro atoms. The number of hydrogen-bond acceptors (Lipinski definition) is 4. The summed E-state index contributed by atoms with van der Waals surface area (Å²) < 4.78 is 3.37. The Kier molecular flexibility index (Phi) is 3.50. The predicted octanol–water partition coefficient (Wildman–Crippen LogP) is 2.31. The van der Waals surface area contributed by atoms with Crippen molar-refractivity contribution in [1.82, 2.24) is 19.2 Å². The second kappa shape index (κ2) is 5.30. The number of hydrogen-bond donors (Lipinski definition) is 0. The molecule has 0 amide bonds. The smallest absolute Gasteiger partial charge is 0.274 e. The van der Waals surface area contributed by atoms with E-state index in [1.807, 2.05) is 23.0 Å². The molecule has 0 saturated carbocycles. The fourth-order valence-electron chi connectivity index (χ4n) is 1.95. The van der Waals surface area contributed by atoms with E-state index in [2.05, 4.69) is 10.1 Å². The molecule has 0 fully saturated rings. The number of nitrogens with zero attached hydrogens (tertiary/aromatic N) is 4. The fraction of sp³-hybridized carbons (Fsp3) is 0.154. The quantitative estimate of drug-likeness (QED) is 0.550. The van der Waals surface area contributed by atoms with Crippen LogP contribution in [0.3, 0.4) is 0 Å². The van der Waals surface area contributed by atoms with Crippen molar-refractivity contribution in [3.8, 4) is 0 Å². The minimum atomic E-state index is -0.134. The summed E-state index contributed by atoms with van der Waals surface area (Å²) in [5.74, 6) is 0. The normalized spacial score (nSPS) is 11.1. The number of thioether (sulfide) groups is 1. The van der Waals surface area contributed by atoms with Crippen molar-refractivity contribution in [2.24, 2.45) is 0 Å². The van der Waals surface area contributed by atoms with E-state index >= 15 is 0 Å². The maximum atomic E-state index is 11.8. The molecule has 0 aromatic carbocycles. The predicted molar refractivity (Wildman–Crippen MR) is 79.6 cm³/mol. The Hall–Kier alpha value is -1.79. The molecule has 3 aromatic heterocycles. The highest BCUT2D eigenvalue weighted by atomic mass is 35.5. The molecule has 3 heterocycles. The van der Waals surface area contributed by atoms with Crippen LogP contribution in [0.25, 0.3) is 5.65 Å². The van der Waals surface area contributed by atoms with Gasteiger partial charge in [-0.15, -0.1) is 11.8 Å². The van der Waals surface area contributed by atoms with Gasteiger partial charge in [0.25, 0.3) is 5.56 Å². The summed E-state index contributed by atoms with van der Waals surface area (Å²) in [5, 5.41) is 5.54. The van der Waals surface area contributed by atoms with Crippen LogP contribution < -0.4 is 5.56 Å². The zero-order chi connectivity index (χ0) is 14.1. The van der Waals surface area contributed by atoms with Gasteiger partial charge in [-0.1, -0.05) is 17.7 Å². The summed E-state index contributed by atoms with van der Waals surface area (Å²) in [5.41, 5.74) is 1.63. The van der Waals surface area contributed by atoms with E-state index in [0.29, 0.717) is 11.7 Å². The van der Waals surface area contributed by atoms with Gasteiger partial charge in [0.2, 0.25) is 0 Å². The molecule has 7 heteroatoms. The highest BCUT2D eigenvalue weighted by Crippen LogP contribution is 2.15. The SMILES string of the molecule is CSc1cc2n(Cc3ccc(Cl)nc3)ccc(=O)n2n1. The fourth-order valence-corrected chi connectivity index (χ4v) is 2.45. The molecule has 3 aromatic rings. The van der Waals surface area contributed by atoms with Gasteiger partial charge < -0.3 is 4.57 Å². The Morgan fingerprint density at radius 1 is 1.35 bits per heavy atom. The van der Waals surface area contributed by atoms with E-state index in [0.717, 1.165) is 16.2 Å². The highest BCUT2D eigenvalue weighted by molar-refractivity contribution is 7.98. The van der Waals surface area contributed by atoms with Gasteiger partial charge in [-0.2, -0.15) is 9.61 Å². The molecule has 0 radical (unpaired) electrons. The first-order valence-electron chi connectivity index (χ1n) is 5.91. The Labute approximate surface area is 124 Å². The lowest BCUT2D eigenvalue weighted by Crippen LogP contribution is -2.17. The number of halogens is 1. The first-order chi connectivity index (χ1) is 9.67. The van der Waals surface area contributed by atoms with Crippen LogP contribution in [0.1, 0.15) is 5.56 Å². The third-order valence-corrected chi connectivity index (χ3v) is 3.76. The monoisotopic (exact) mass is 306 g/mol. The largest absolute Gasteiger partial charge is 0.328 e. The van der Waals surface area contributed by atoms with Gasteiger partial charge in [0.1, 0.15) is 15.8 Å². The highest BCUT2D eigenvalue weighted by Gasteiger charge is 2.07. The lowest BCUT2D eigenvalue weighted by molar-refractivity contribution is 0.755. The summed E-state index contributed by atoms with van der Waals surface area (Å²) in [6.07, 6.45) is 5.42. The van der Waals surface area contributed by atoms with Crippen LogP contribution in [0.15, 0.2) is 46.5 Å². The van der Waals surface area contributed by atoms with Crippen molar-refractivity contribution < 1.29 is 0 Å². The zero-order valence-corrected chi connectivity index (χ0v) is 12.2. The van der Waals surface area contributed by atoms with Gasteiger partial charge >= 0.3 is 0 Å². The van der Waals surface area contributed by atoms with Crippen molar-refractivity contribution in [3.05, 3.63) is 57.7 Å². The first-order valence-corrected chi connectivity index (χ1v) is 7.51. The Morgan fingerprint density at radius 2 is 2.20 bits per heavy atom. The molecule has 0 aliphatic heterocycles. The van der Waals surface area contributed by atoms with E-state index in [-0.39, 0.29) is 5.56 Å². The number of aromatic nitrogens is 4. The summed E-state index contributed by atoms with van der Waals surface area (Å²) in [6.45, 7) is 0.605. The van der Waals surface area contributed by atoms with Gasteiger partial charge in [0, 0.05) is 24.5 Å². The third kappa shape index (κ3) is 2.44. The van der Waals surface area contributed by atoms with Crippen LogP contribution in [-0.2, 0) is 6.54 Å². The maximum absolute atomic E-state index is 11.8. The van der Waals surface area contributed by atoms with Gasteiger partial charge in [0.05, 0.1) is 6.54 Å². The maximum Gasteiger partial charge on any atom is 0.274 e. The molecule has 5 nitrogen and oxygen atoms in total. The molecular weight excluding hydrogens is 296 g/mol. The molecule has 102 valence electrons. The molecule has 0 saturated heterocycles. The number of pyridine rings is 1. The first kappa shape index (κ1) is 13.2. The molecule has 20 heavy (non-hydrogen) atoms. The lowest BCUT2D eigenvalue weighted by Gasteiger charge is -2.07. The van der Waals surface area contributed by atoms with Crippen LogP contribution >= 0.6 is 23.4 Å². The Morgan fingerprint density at radius 3 is 2.90 bits per heavy atom. The van der Waals surface area contributed by atoms with E-state index in [4.69, 9.17) is 11.6 Å².